The van der Waals surface area contributed by atoms with E-state index < -0.39 is 11.9 Å². The summed E-state index contributed by atoms with van der Waals surface area (Å²) in [6, 6.07) is 11.1. The van der Waals surface area contributed by atoms with E-state index in [1.807, 2.05) is 24.3 Å². The zero-order chi connectivity index (χ0) is 23.5. The van der Waals surface area contributed by atoms with Gasteiger partial charge in [-0.3, -0.25) is 14.5 Å². The molecule has 2 amide bonds. The molecular weight excluding hydrogens is 478 g/mol. The Morgan fingerprint density at radius 3 is 2.76 bits per heavy atom. The molecule has 0 saturated carbocycles. The SMILES string of the molecule is O=C(Cc1ccco1)NOC(=O)C1=C(Sc2ccc(Cc3ncco3)cc2)CS[C@H]2CC(=O)N12. The number of hydrogen-bond donors (Lipinski definition) is 1. The van der Waals surface area contributed by atoms with E-state index in [-0.39, 0.29) is 23.4 Å². The topological polar surface area (TPSA) is 115 Å². The van der Waals surface area contributed by atoms with Crippen molar-refractivity contribution >= 4 is 41.3 Å². The fourth-order valence-electron chi connectivity index (χ4n) is 3.55. The summed E-state index contributed by atoms with van der Waals surface area (Å²) >= 11 is 2.99. The van der Waals surface area contributed by atoms with Crippen LogP contribution in [0.15, 0.2) is 79.5 Å². The van der Waals surface area contributed by atoms with Crippen LogP contribution in [0.1, 0.15) is 23.6 Å². The molecule has 0 unspecified atom stereocenters. The van der Waals surface area contributed by atoms with Gasteiger partial charge in [0.05, 0.1) is 30.7 Å². The van der Waals surface area contributed by atoms with Crippen LogP contribution in [0.4, 0.5) is 0 Å². The van der Waals surface area contributed by atoms with E-state index in [0.717, 1.165) is 10.5 Å². The van der Waals surface area contributed by atoms with E-state index in [1.165, 1.54) is 29.2 Å². The molecular formula is C23H19N3O6S2. The molecule has 1 saturated heterocycles. The number of oxazole rings is 1. The second-order valence-electron chi connectivity index (χ2n) is 7.52. The highest BCUT2D eigenvalue weighted by atomic mass is 32.2. The third-order valence-corrected chi connectivity index (χ3v) is 7.68. The van der Waals surface area contributed by atoms with E-state index in [2.05, 4.69) is 10.5 Å². The molecule has 1 aromatic carbocycles. The van der Waals surface area contributed by atoms with Crippen LogP contribution in [-0.2, 0) is 32.1 Å². The first-order chi connectivity index (χ1) is 16.6. The van der Waals surface area contributed by atoms with Gasteiger partial charge in [-0.1, -0.05) is 23.9 Å². The molecule has 34 heavy (non-hydrogen) atoms. The minimum absolute atomic E-state index is 0.0675. The normalized spacial score (nSPS) is 17.2. The van der Waals surface area contributed by atoms with Crippen LogP contribution in [-0.4, -0.2) is 38.8 Å². The maximum absolute atomic E-state index is 12.9. The number of amides is 2. The molecule has 0 aliphatic carbocycles. The maximum atomic E-state index is 12.9. The Labute approximate surface area is 202 Å². The zero-order valence-corrected chi connectivity index (χ0v) is 19.4. The lowest BCUT2D eigenvalue weighted by Crippen LogP contribution is -2.54. The summed E-state index contributed by atoms with van der Waals surface area (Å²) in [4.78, 5) is 49.5. The minimum atomic E-state index is -0.769. The molecule has 2 aromatic heterocycles. The summed E-state index contributed by atoms with van der Waals surface area (Å²) in [7, 11) is 0. The summed E-state index contributed by atoms with van der Waals surface area (Å²) in [6.45, 7) is 0. The van der Waals surface area contributed by atoms with Crippen LogP contribution in [0, 0.1) is 0 Å². The fourth-order valence-corrected chi connectivity index (χ4v) is 5.93. The summed E-state index contributed by atoms with van der Waals surface area (Å²) in [6.07, 6.45) is 5.49. The molecule has 1 fully saturated rings. The van der Waals surface area contributed by atoms with E-state index in [4.69, 9.17) is 13.7 Å². The average Bonchev–Trinajstić information content (AvgIpc) is 3.53. The highest BCUT2D eigenvalue weighted by molar-refractivity contribution is 8.06. The number of nitrogens with one attached hydrogen (secondary N) is 1. The molecule has 11 heteroatoms. The van der Waals surface area contributed by atoms with Crippen molar-refractivity contribution in [3.05, 3.63) is 82.9 Å². The van der Waals surface area contributed by atoms with Gasteiger partial charge < -0.3 is 13.7 Å². The second-order valence-corrected chi connectivity index (χ2v) is 9.86. The molecule has 2 aliphatic heterocycles. The van der Waals surface area contributed by atoms with Gasteiger partial charge in [-0.25, -0.2) is 9.78 Å². The maximum Gasteiger partial charge on any atom is 0.380 e. The van der Waals surface area contributed by atoms with Crippen LogP contribution in [0.5, 0.6) is 0 Å². The molecule has 174 valence electrons. The van der Waals surface area contributed by atoms with Crippen molar-refractivity contribution < 1.29 is 28.1 Å². The van der Waals surface area contributed by atoms with Crippen molar-refractivity contribution in [3.8, 4) is 0 Å². The number of carbonyl (C=O) groups is 3. The van der Waals surface area contributed by atoms with E-state index in [0.29, 0.717) is 35.2 Å². The Balaban J connectivity index is 1.29. The molecule has 9 nitrogen and oxygen atoms in total. The lowest BCUT2D eigenvalue weighted by atomic mass is 10.1. The van der Waals surface area contributed by atoms with E-state index in [1.54, 1.807) is 30.1 Å². The number of rotatable bonds is 7. The lowest BCUT2D eigenvalue weighted by molar-refractivity contribution is -0.159. The first kappa shape index (κ1) is 22.4. The summed E-state index contributed by atoms with van der Waals surface area (Å²) in [5.41, 5.74) is 3.36. The van der Waals surface area contributed by atoms with Gasteiger partial charge in [0.25, 0.3) is 5.91 Å². The third kappa shape index (κ3) is 4.90. The standard InChI is InChI=1S/C23H19N3O6S2/c27-18(11-15-2-1-8-30-15)25-32-23(29)22-17(13-33-21-12-20(28)26(21)22)34-16-5-3-14(4-6-16)10-19-24-7-9-31-19/h1-9,21H,10-13H2,(H,25,27)/t21-/m0/s1. The molecule has 0 spiro atoms. The summed E-state index contributed by atoms with van der Waals surface area (Å²) < 4.78 is 10.4. The number of aromatic nitrogens is 1. The average molecular weight is 498 g/mol. The number of hydroxylamine groups is 1. The number of thioether (sulfide) groups is 2. The number of furan rings is 1. The lowest BCUT2D eigenvalue weighted by Gasteiger charge is -2.44. The summed E-state index contributed by atoms with van der Waals surface area (Å²) in [5.74, 6) is 0.189. The highest BCUT2D eigenvalue weighted by Gasteiger charge is 2.46. The Hall–Kier alpha value is -3.44. The molecule has 1 N–H and O–H groups in total. The molecule has 3 aromatic rings. The largest absolute Gasteiger partial charge is 0.469 e. The van der Waals surface area contributed by atoms with Crippen LogP contribution < -0.4 is 5.48 Å². The van der Waals surface area contributed by atoms with Crippen LogP contribution in [0.2, 0.25) is 0 Å². The Bertz CT molecular complexity index is 1220. The molecule has 5 rings (SSSR count). The van der Waals surface area contributed by atoms with Crippen molar-refractivity contribution in [2.24, 2.45) is 0 Å². The van der Waals surface area contributed by atoms with Gasteiger partial charge in [-0.15, -0.1) is 11.8 Å². The smallest absolute Gasteiger partial charge is 0.380 e. The predicted molar refractivity (Wildman–Crippen MR) is 123 cm³/mol. The quantitative estimate of drug-likeness (QED) is 0.388. The number of benzene rings is 1. The van der Waals surface area contributed by atoms with Crippen molar-refractivity contribution in [2.75, 3.05) is 5.75 Å². The molecule has 0 bridgehead atoms. The van der Waals surface area contributed by atoms with Crippen molar-refractivity contribution in [1.29, 1.82) is 0 Å². The van der Waals surface area contributed by atoms with Crippen LogP contribution in [0.3, 0.4) is 0 Å². The summed E-state index contributed by atoms with van der Waals surface area (Å²) in [5, 5.41) is -0.0959. The highest BCUT2D eigenvalue weighted by Crippen LogP contribution is 2.45. The van der Waals surface area contributed by atoms with Crippen LogP contribution >= 0.6 is 23.5 Å². The van der Waals surface area contributed by atoms with E-state index in [9.17, 15) is 14.4 Å². The molecule has 1 atom stereocenters. The molecule has 2 aliphatic rings. The van der Waals surface area contributed by atoms with Crippen molar-refractivity contribution in [3.63, 3.8) is 0 Å². The van der Waals surface area contributed by atoms with Gasteiger partial charge >= 0.3 is 5.97 Å². The number of carbonyl (C=O) groups excluding carboxylic acids is 3. The van der Waals surface area contributed by atoms with E-state index >= 15 is 0 Å². The number of fused-ring (bicyclic) bond motifs is 1. The van der Waals surface area contributed by atoms with Crippen LogP contribution in [0.25, 0.3) is 0 Å². The van der Waals surface area contributed by atoms with Gasteiger partial charge in [0.1, 0.15) is 17.7 Å². The van der Waals surface area contributed by atoms with Crippen molar-refractivity contribution in [2.45, 2.75) is 29.5 Å². The van der Waals surface area contributed by atoms with Crippen molar-refractivity contribution in [1.82, 2.24) is 15.4 Å². The minimum Gasteiger partial charge on any atom is -0.469 e. The molecule has 0 radical (unpaired) electrons. The first-order valence-electron chi connectivity index (χ1n) is 10.4. The third-order valence-electron chi connectivity index (χ3n) is 5.19. The monoisotopic (exact) mass is 497 g/mol. The Morgan fingerprint density at radius 1 is 1.21 bits per heavy atom. The zero-order valence-electron chi connectivity index (χ0n) is 17.8. The molecule has 4 heterocycles. The Kier molecular flexibility index (Phi) is 6.45. The second kappa shape index (κ2) is 9.82. The number of β-lactam (4-membered cyclic amide) rings is 1. The first-order valence-corrected chi connectivity index (χ1v) is 12.3. The Morgan fingerprint density at radius 2 is 2.06 bits per heavy atom. The van der Waals surface area contributed by atoms with Gasteiger partial charge in [0, 0.05) is 22.0 Å². The van der Waals surface area contributed by atoms with Gasteiger partial charge in [-0.2, -0.15) is 5.48 Å². The van der Waals surface area contributed by atoms with Gasteiger partial charge in [0.2, 0.25) is 5.91 Å². The fraction of sp³-hybridized carbons (Fsp3) is 0.217. The number of nitrogens with zero attached hydrogens (tertiary/aromatic N) is 2. The predicted octanol–water partition coefficient (Wildman–Crippen LogP) is 3.28. The van der Waals surface area contributed by atoms with Gasteiger partial charge in [0.15, 0.2) is 5.89 Å². The number of hydrogen-bond acceptors (Lipinski definition) is 9. The van der Waals surface area contributed by atoms with Gasteiger partial charge in [-0.05, 0) is 29.8 Å².